The molecule has 0 saturated heterocycles. The van der Waals surface area contributed by atoms with Crippen molar-refractivity contribution in [3.63, 3.8) is 0 Å². The van der Waals surface area contributed by atoms with Gasteiger partial charge in [-0.05, 0) is 45.8 Å². The van der Waals surface area contributed by atoms with E-state index < -0.39 is 5.60 Å². The summed E-state index contributed by atoms with van der Waals surface area (Å²) < 4.78 is 7.19. The minimum absolute atomic E-state index is 0.366. The summed E-state index contributed by atoms with van der Waals surface area (Å²) in [4.78, 5) is 13.9. The van der Waals surface area contributed by atoms with Crippen LogP contribution >= 0.6 is 0 Å². The average molecular weight is 305 g/mol. The van der Waals surface area contributed by atoms with Crippen LogP contribution < -0.4 is 0 Å². The highest BCUT2D eigenvalue weighted by atomic mass is 16.6. The Kier molecular flexibility index (Phi) is 5.97. The van der Waals surface area contributed by atoms with E-state index in [9.17, 15) is 4.79 Å². The average Bonchev–Trinajstić information content (AvgIpc) is 2.80. The molecule has 1 rings (SSSR count). The molecule has 22 heavy (non-hydrogen) atoms. The van der Waals surface area contributed by atoms with Crippen LogP contribution in [0.1, 0.15) is 46.6 Å². The lowest BCUT2D eigenvalue weighted by molar-refractivity contribution is 0.0321. The van der Waals surface area contributed by atoms with Gasteiger partial charge < -0.3 is 4.74 Å². The Labute approximate surface area is 133 Å². The lowest BCUT2D eigenvalue weighted by Crippen LogP contribution is -2.36. The zero-order valence-corrected chi connectivity index (χ0v) is 14.5. The number of amides is 1. The van der Waals surface area contributed by atoms with Crippen LogP contribution in [0.5, 0.6) is 0 Å². The lowest BCUT2D eigenvalue weighted by Gasteiger charge is -2.27. The van der Waals surface area contributed by atoms with E-state index in [2.05, 4.69) is 11.7 Å². The first-order chi connectivity index (χ1) is 10.1. The number of nitrogens with zero attached hydrogens (tertiary/aromatic N) is 3. The molecule has 0 unspecified atom stereocenters. The van der Waals surface area contributed by atoms with E-state index in [1.165, 1.54) is 0 Å². The first-order valence-electron chi connectivity index (χ1n) is 7.50. The van der Waals surface area contributed by atoms with Crippen LogP contribution in [0, 0.1) is 0 Å². The van der Waals surface area contributed by atoms with Gasteiger partial charge >= 0.3 is 6.09 Å². The van der Waals surface area contributed by atoms with Crippen LogP contribution in [-0.4, -0.2) is 32.9 Å². The van der Waals surface area contributed by atoms with Crippen LogP contribution in [0.25, 0.3) is 5.57 Å². The standard InChI is InChI=1S/C17H27N3O2/c1-8-9-20(16(21)22-17(4,5)6)14(3)10-13(2)15-11-18-19(7)12-15/h10-12H,3,8-9H2,1-2,4-7H3/b13-10+. The van der Waals surface area contributed by atoms with E-state index in [1.807, 2.05) is 53.9 Å². The highest BCUT2D eigenvalue weighted by Crippen LogP contribution is 2.19. The topological polar surface area (TPSA) is 47.4 Å². The molecule has 0 spiro atoms. The van der Waals surface area contributed by atoms with Crippen molar-refractivity contribution < 1.29 is 9.53 Å². The quantitative estimate of drug-likeness (QED) is 0.773. The molecule has 1 heterocycles. The molecule has 0 aliphatic heterocycles. The Morgan fingerprint density at radius 2 is 2.14 bits per heavy atom. The van der Waals surface area contributed by atoms with E-state index in [0.29, 0.717) is 12.2 Å². The van der Waals surface area contributed by atoms with Crippen LogP contribution in [0.4, 0.5) is 4.79 Å². The van der Waals surface area contributed by atoms with Crippen LogP contribution in [0.3, 0.4) is 0 Å². The molecule has 0 atom stereocenters. The van der Waals surface area contributed by atoms with Crippen molar-refractivity contribution in [2.75, 3.05) is 6.54 Å². The first kappa shape index (κ1) is 18.0. The molecule has 1 aromatic rings. The number of carbonyl (C=O) groups is 1. The molecule has 0 fully saturated rings. The molecule has 0 N–H and O–H groups in total. The Morgan fingerprint density at radius 3 is 2.59 bits per heavy atom. The summed E-state index contributed by atoms with van der Waals surface area (Å²) in [6.45, 7) is 14.1. The number of aryl methyl sites for hydroxylation is 1. The molecule has 0 saturated carbocycles. The number of allylic oxidation sites excluding steroid dienone is 2. The van der Waals surface area contributed by atoms with Gasteiger partial charge in [0.15, 0.2) is 0 Å². The molecule has 1 aromatic heterocycles. The van der Waals surface area contributed by atoms with Gasteiger partial charge in [0, 0.05) is 31.0 Å². The van der Waals surface area contributed by atoms with Gasteiger partial charge in [0.05, 0.1) is 6.20 Å². The Balaban J connectivity index is 2.91. The summed E-state index contributed by atoms with van der Waals surface area (Å²) in [6, 6.07) is 0. The fourth-order valence-electron chi connectivity index (χ4n) is 1.93. The van der Waals surface area contributed by atoms with Crippen LogP contribution in [0.15, 0.2) is 30.7 Å². The van der Waals surface area contributed by atoms with Crippen molar-refractivity contribution in [1.82, 2.24) is 14.7 Å². The van der Waals surface area contributed by atoms with E-state index in [-0.39, 0.29) is 6.09 Å². The third-order valence-electron chi connectivity index (χ3n) is 2.95. The van der Waals surface area contributed by atoms with E-state index in [4.69, 9.17) is 4.74 Å². The minimum atomic E-state index is -0.522. The second-order valence-electron chi connectivity index (χ2n) is 6.35. The smallest absolute Gasteiger partial charge is 0.414 e. The van der Waals surface area contributed by atoms with Crippen molar-refractivity contribution in [2.24, 2.45) is 7.05 Å². The molecular formula is C17H27N3O2. The summed E-state index contributed by atoms with van der Waals surface area (Å²) in [5.74, 6) is 0. The molecule has 5 nitrogen and oxygen atoms in total. The Morgan fingerprint density at radius 1 is 1.50 bits per heavy atom. The largest absolute Gasteiger partial charge is 0.443 e. The predicted molar refractivity (Wildman–Crippen MR) is 89.2 cm³/mol. The van der Waals surface area contributed by atoms with Crippen LogP contribution in [0.2, 0.25) is 0 Å². The number of rotatable bonds is 5. The second-order valence-corrected chi connectivity index (χ2v) is 6.35. The van der Waals surface area contributed by atoms with Gasteiger partial charge in [0.1, 0.15) is 5.60 Å². The molecule has 122 valence electrons. The summed E-state index contributed by atoms with van der Waals surface area (Å²) in [5.41, 5.74) is 2.11. The summed E-state index contributed by atoms with van der Waals surface area (Å²) in [5, 5.41) is 4.15. The number of ether oxygens (including phenoxy) is 1. The molecule has 0 aromatic carbocycles. The molecule has 0 bridgehead atoms. The third kappa shape index (κ3) is 5.39. The number of hydrogen-bond acceptors (Lipinski definition) is 3. The maximum atomic E-state index is 12.3. The maximum absolute atomic E-state index is 12.3. The number of carbonyl (C=O) groups excluding carboxylic acids is 1. The van der Waals surface area contributed by atoms with Crippen molar-refractivity contribution in [3.8, 4) is 0 Å². The van der Waals surface area contributed by atoms with E-state index in [1.54, 1.807) is 15.8 Å². The fourth-order valence-corrected chi connectivity index (χ4v) is 1.93. The van der Waals surface area contributed by atoms with Gasteiger partial charge in [-0.1, -0.05) is 13.5 Å². The highest BCUT2D eigenvalue weighted by molar-refractivity contribution is 5.73. The van der Waals surface area contributed by atoms with E-state index >= 15 is 0 Å². The second kappa shape index (κ2) is 7.29. The molecule has 0 aliphatic rings. The fraction of sp³-hybridized carbons (Fsp3) is 0.529. The third-order valence-corrected chi connectivity index (χ3v) is 2.95. The van der Waals surface area contributed by atoms with Gasteiger partial charge in [0.2, 0.25) is 0 Å². The summed E-state index contributed by atoms with van der Waals surface area (Å²) in [7, 11) is 1.87. The molecular weight excluding hydrogens is 278 g/mol. The number of aromatic nitrogens is 2. The van der Waals surface area contributed by atoms with Gasteiger partial charge in [-0.25, -0.2) is 4.79 Å². The lowest BCUT2D eigenvalue weighted by atomic mass is 10.1. The SMILES string of the molecule is C=C(/C=C(\C)c1cnn(C)c1)N(CCC)C(=O)OC(C)(C)C. The van der Waals surface area contributed by atoms with Gasteiger partial charge in [-0.3, -0.25) is 9.58 Å². The van der Waals surface area contributed by atoms with Gasteiger partial charge in [-0.2, -0.15) is 5.10 Å². The predicted octanol–water partition coefficient (Wildman–Crippen LogP) is 3.98. The van der Waals surface area contributed by atoms with Crippen molar-refractivity contribution in [1.29, 1.82) is 0 Å². The molecule has 5 heteroatoms. The van der Waals surface area contributed by atoms with Crippen LogP contribution in [-0.2, 0) is 11.8 Å². The maximum Gasteiger partial charge on any atom is 0.414 e. The zero-order valence-electron chi connectivity index (χ0n) is 14.5. The number of hydrogen-bond donors (Lipinski definition) is 0. The van der Waals surface area contributed by atoms with Crippen molar-refractivity contribution >= 4 is 11.7 Å². The molecule has 0 radical (unpaired) electrons. The minimum Gasteiger partial charge on any atom is -0.443 e. The van der Waals surface area contributed by atoms with Crippen molar-refractivity contribution in [3.05, 3.63) is 36.3 Å². The Bertz CT molecular complexity index is 565. The van der Waals surface area contributed by atoms with Crippen molar-refractivity contribution in [2.45, 2.75) is 46.6 Å². The summed E-state index contributed by atoms with van der Waals surface area (Å²) in [6.07, 6.45) is 6.07. The first-order valence-corrected chi connectivity index (χ1v) is 7.50. The summed E-state index contributed by atoms with van der Waals surface area (Å²) >= 11 is 0. The van der Waals surface area contributed by atoms with Gasteiger partial charge in [0.25, 0.3) is 0 Å². The highest BCUT2D eigenvalue weighted by Gasteiger charge is 2.22. The monoisotopic (exact) mass is 305 g/mol. The molecule has 0 aliphatic carbocycles. The Hall–Kier alpha value is -2.04. The zero-order chi connectivity index (χ0) is 16.9. The van der Waals surface area contributed by atoms with E-state index in [0.717, 1.165) is 17.6 Å². The van der Waals surface area contributed by atoms with Gasteiger partial charge in [-0.15, -0.1) is 0 Å². The normalized spacial score (nSPS) is 12.2. The molecule has 1 amide bonds.